The number of aromatic nitrogens is 4. The van der Waals surface area contributed by atoms with E-state index < -0.39 is 0 Å². The Morgan fingerprint density at radius 3 is 2.69 bits per heavy atom. The molecule has 3 rings (SSSR count). The van der Waals surface area contributed by atoms with Crippen LogP contribution in [0.25, 0.3) is 16.7 Å². The van der Waals surface area contributed by atoms with Crippen LogP contribution in [-0.2, 0) is 0 Å². The summed E-state index contributed by atoms with van der Waals surface area (Å²) in [5, 5.41) is 8.26. The van der Waals surface area contributed by atoms with Crippen molar-refractivity contribution in [1.82, 2.24) is 20.0 Å². The van der Waals surface area contributed by atoms with Crippen LogP contribution in [0.4, 0.5) is 0 Å². The Hall–Kier alpha value is -2.23. The molecule has 0 saturated carbocycles. The van der Waals surface area contributed by atoms with Gasteiger partial charge in [-0.1, -0.05) is 23.4 Å². The quantitative estimate of drug-likeness (QED) is 0.618. The smallest absolute Gasteiger partial charge is 0.132 e. The van der Waals surface area contributed by atoms with Gasteiger partial charge in [0.15, 0.2) is 0 Å². The van der Waals surface area contributed by atoms with Crippen LogP contribution in [0.1, 0.15) is 5.56 Å². The lowest BCUT2D eigenvalue weighted by Gasteiger charge is -2.02. The summed E-state index contributed by atoms with van der Waals surface area (Å²) in [5.74, 6) is 0. The van der Waals surface area contributed by atoms with Gasteiger partial charge in [-0.3, -0.25) is 4.98 Å². The molecule has 0 saturated heterocycles. The number of hydrogen-bond acceptors (Lipinski definition) is 3. The van der Waals surface area contributed by atoms with Crippen molar-refractivity contribution in [1.29, 1.82) is 0 Å². The van der Waals surface area contributed by atoms with Gasteiger partial charge < -0.3 is 0 Å². The summed E-state index contributed by atoms with van der Waals surface area (Å²) in [6.07, 6.45) is 3.56. The molecule has 1 aromatic carbocycles. The lowest BCUT2D eigenvalue weighted by molar-refractivity contribution is 0.822. The van der Waals surface area contributed by atoms with Crippen LogP contribution < -0.4 is 0 Å². The van der Waals surface area contributed by atoms with Gasteiger partial charge in [-0.15, -0.1) is 5.10 Å². The summed E-state index contributed by atoms with van der Waals surface area (Å²) in [6.45, 7) is 2.01. The standard InChI is InChI=1S/C12H10N4/c1-9-7-13-8-11-12(9)16(15-14-11)10-5-3-2-4-6-10/h2-8H,1H3. The van der Waals surface area contributed by atoms with Crippen LogP contribution in [0, 0.1) is 6.92 Å². The molecule has 0 bridgehead atoms. The van der Waals surface area contributed by atoms with E-state index in [1.54, 1.807) is 6.20 Å². The van der Waals surface area contributed by atoms with Crippen molar-refractivity contribution in [3.05, 3.63) is 48.3 Å². The maximum Gasteiger partial charge on any atom is 0.132 e. The van der Waals surface area contributed by atoms with Crippen LogP contribution in [-0.4, -0.2) is 20.0 Å². The van der Waals surface area contributed by atoms with Gasteiger partial charge in [0, 0.05) is 6.20 Å². The molecule has 0 spiro atoms. The fourth-order valence-corrected chi connectivity index (χ4v) is 1.78. The molecule has 4 heteroatoms. The largest absolute Gasteiger partial charge is 0.262 e. The zero-order valence-electron chi connectivity index (χ0n) is 8.83. The monoisotopic (exact) mass is 210 g/mol. The number of nitrogens with zero attached hydrogens (tertiary/aromatic N) is 4. The van der Waals surface area contributed by atoms with Crippen molar-refractivity contribution in [3.8, 4) is 5.69 Å². The Morgan fingerprint density at radius 2 is 1.88 bits per heavy atom. The number of rotatable bonds is 1. The van der Waals surface area contributed by atoms with Gasteiger partial charge in [-0.2, -0.15) is 0 Å². The van der Waals surface area contributed by atoms with E-state index in [4.69, 9.17) is 0 Å². The molecule has 0 atom stereocenters. The second-order valence-corrected chi connectivity index (χ2v) is 3.66. The van der Waals surface area contributed by atoms with Crippen molar-refractivity contribution in [2.75, 3.05) is 0 Å². The summed E-state index contributed by atoms with van der Waals surface area (Å²) >= 11 is 0. The van der Waals surface area contributed by atoms with E-state index in [0.717, 1.165) is 22.3 Å². The summed E-state index contributed by atoms with van der Waals surface area (Å²) in [5.41, 5.74) is 3.93. The number of aryl methyl sites for hydroxylation is 1. The van der Waals surface area contributed by atoms with E-state index in [-0.39, 0.29) is 0 Å². The Balaban J connectivity index is 2.33. The molecule has 4 nitrogen and oxygen atoms in total. The molecule has 2 aromatic heterocycles. The third-order valence-corrected chi connectivity index (χ3v) is 2.54. The lowest BCUT2D eigenvalue weighted by Crippen LogP contribution is -1.97. The molecule has 0 aliphatic rings. The molecule has 0 aliphatic carbocycles. The van der Waals surface area contributed by atoms with Crippen LogP contribution in [0.15, 0.2) is 42.7 Å². The number of benzene rings is 1. The third kappa shape index (κ3) is 1.27. The molecule has 2 heterocycles. The van der Waals surface area contributed by atoms with Gasteiger partial charge in [-0.05, 0) is 24.6 Å². The number of para-hydroxylation sites is 1. The molecule has 3 aromatic rings. The van der Waals surface area contributed by atoms with Crippen molar-refractivity contribution in [2.45, 2.75) is 6.92 Å². The number of fused-ring (bicyclic) bond motifs is 1. The maximum absolute atomic E-state index is 4.15. The first kappa shape index (κ1) is 9.03. The van der Waals surface area contributed by atoms with Gasteiger partial charge in [0.1, 0.15) is 11.0 Å². The predicted octanol–water partition coefficient (Wildman–Crippen LogP) is 2.12. The summed E-state index contributed by atoms with van der Waals surface area (Å²) < 4.78 is 1.84. The second kappa shape index (κ2) is 3.41. The van der Waals surface area contributed by atoms with Crippen LogP contribution in [0.3, 0.4) is 0 Å². The first-order chi connectivity index (χ1) is 7.86. The van der Waals surface area contributed by atoms with E-state index in [1.165, 1.54) is 0 Å². The lowest BCUT2D eigenvalue weighted by atomic mass is 10.2. The van der Waals surface area contributed by atoms with Crippen molar-refractivity contribution < 1.29 is 0 Å². The topological polar surface area (TPSA) is 43.6 Å². The summed E-state index contributed by atoms with van der Waals surface area (Å²) in [6, 6.07) is 9.97. The van der Waals surface area contributed by atoms with Crippen molar-refractivity contribution in [2.24, 2.45) is 0 Å². The Morgan fingerprint density at radius 1 is 1.06 bits per heavy atom. The minimum absolute atomic E-state index is 0.823. The highest BCUT2D eigenvalue weighted by atomic mass is 15.4. The van der Waals surface area contributed by atoms with Crippen LogP contribution in [0.5, 0.6) is 0 Å². The highest BCUT2D eigenvalue weighted by Gasteiger charge is 2.08. The highest BCUT2D eigenvalue weighted by molar-refractivity contribution is 5.78. The first-order valence-corrected chi connectivity index (χ1v) is 5.08. The fraction of sp³-hybridized carbons (Fsp3) is 0.0833. The molecule has 0 fully saturated rings. The molecular formula is C12H10N4. The van der Waals surface area contributed by atoms with E-state index in [9.17, 15) is 0 Å². The maximum atomic E-state index is 4.15. The van der Waals surface area contributed by atoms with E-state index >= 15 is 0 Å². The van der Waals surface area contributed by atoms with Gasteiger partial charge in [0.2, 0.25) is 0 Å². The SMILES string of the molecule is Cc1cncc2nnn(-c3ccccc3)c12. The molecule has 16 heavy (non-hydrogen) atoms. The van der Waals surface area contributed by atoms with E-state index in [1.807, 2.05) is 48.1 Å². The van der Waals surface area contributed by atoms with Gasteiger partial charge in [0.05, 0.1) is 11.9 Å². The average molecular weight is 210 g/mol. The third-order valence-electron chi connectivity index (χ3n) is 2.54. The van der Waals surface area contributed by atoms with E-state index in [2.05, 4.69) is 15.3 Å². The number of hydrogen-bond donors (Lipinski definition) is 0. The minimum Gasteiger partial charge on any atom is -0.262 e. The molecule has 0 unspecified atom stereocenters. The minimum atomic E-state index is 0.823. The van der Waals surface area contributed by atoms with Crippen molar-refractivity contribution in [3.63, 3.8) is 0 Å². The normalized spacial score (nSPS) is 10.8. The molecule has 0 radical (unpaired) electrons. The van der Waals surface area contributed by atoms with E-state index in [0.29, 0.717) is 0 Å². The molecule has 0 amide bonds. The second-order valence-electron chi connectivity index (χ2n) is 3.66. The summed E-state index contributed by atoms with van der Waals surface area (Å²) in [7, 11) is 0. The summed E-state index contributed by atoms with van der Waals surface area (Å²) in [4.78, 5) is 4.10. The number of pyridine rings is 1. The zero-order chi connectivity index (χ0) is 11.0. The molecule has 78 valence electrons. The average Bonchev–Trinajstić information content (AvgIpc) is 2.75. The highest BCUT2D eigenvalue weighted by Crippen LogP contribution is 2.17. The Bertz CT molecular complexity index is 628. The first-order valence-electron chi connectivity index (χ1n) is 5.08. The Labute approximate surface area is 92.6 Å². The fourth-order valence-electron chi connectivity index (χ4n) is 1.78. The van der Waals surface area contributed by atoms with Crippen molar-refractivity contribution >= 4 is 11.0 Å². The van der Waals surface area contributed by atoms with Crippen LogP contribution in [0.2, 0.25) is 0 Å². The molecular weight excluding hydrogens is 200 g/mol. The predicted molar refractivity (Wildman–Crippen MR) is 61.4 cm³/mol. The zero-order valence-corrected chi connectivity index (χ0v) is 8.83. The van der Waals surface area contributed by atoms with Gasteiger partial charge in [0.25, 0.3) is 0 Å². The van der Waals surface area contributed by atoms with Crippen LogP contribution >= 0.6 is 0 Å². The Kier molecular flexibility index (Phi) is 1.93. The molecule has 0 aliphatic heterocycles. The van der Waals surface area contributed by atoms with Gasteiger partial charge >= 0.3 is 0 Å². The molecule has 0 N–H and O–H groups in total. The van der Waals surface area contributed by atoms with Gasteiger partial charge in [-0.25, -0.2) is 4.68 Å².